The molecule has 0 aromatic carbocycles. The topological polar surface area (TPSA) is 34.1 Å². The molecule has 0 rings (SSSR count). The van der Waals surface area contributed by atoms with Crippen LogP contribution >= 0.6 is 14.3 Å². The highest BCUT2D eigenvalue weighted by Gasteiger charge is 2.08. The smallest absolute Gasteiger partial charge is 0.0819 e. The highest BCUT2D eigenvalue weighted by Crippen LogP contribution is 2.39. The van der Waals surface area contributed by atoms with Crippen LogP contribution in [-0.4, -0.2) is 47.4 Å². The number of hydrogen-bond donors (Lipinski definition) is 0. The molecule has 0 amide bonds. The first-order valence-electron chi connectivity index (χ1n) is 4.79. The Hall–Kier alpha value is 0.525. The summed E-state index contributed by atoms with van der Waals surface area (Å²) in [6.45, 7) is 7.32. The molecule has 0 bridgehead atoms. The average Bonchev–Trinajstić information content (AvgIpc) is 1.81. The van der Waals surface area contributed by atoms with Crippen LogP contribution in [0.2, 0.25) is 0 Å². The van der Waals surface area contributed by atoms with Crippen molar-refractivity contribution in [2.45, 2.75) is 19.3 Å². The van der Waals surface area contributed by atoms with Gasteiger partial charge in [-0.15, -0.1) is 0 Å². The first-order chi connectivity index (χ1) is 5.71. The van der Waals surface area contributed by atoms with Gasteiger partial charge >= 0.3 is 0 Å². The normalized spacial score (nSPS) is 12.3. The summed E-state index contributed by atoms with van der Waals surface area (Å²) < 4.78 is 22.6. The molecule has 0 aliphatic rings. The van der Waals surface area contributed by atoms with Crippen molar-refractivity contribution in [1.29, 1.82) is 0 Å². The molecule has 0 unspecified atom stereocenters. The minimum absolute atomic E-state index is 0. The molecule has 0 aliphatic carbocycles. The van der Waals surface area contributed by atoms with Crippen LogP contribution in [0.15, 0.2) is 0 Å². The Labute approximate surface area is 90.6 Å². The van der Waals surface area contributed by atoms with Crippen LogP contribution < -0.4 is 0 Å². The largest absolute Gasteiger partial charge is 0.324 e. The summed E-state index contributed by atoms with van der Waals surface area (Å²) in [6, 6.07) is 0. The van der Waals surface area contributed by atoms with Gasteiger partial charge in [-0.3, -0.25) is 0 Å². The van der Waals surface area contributed by atoms with Crippen molar-refractivity contribution in [3.8, 4) is 0 Å². The first kappa shape index (κ1) is 16.9. The zero-order valence-corrected chi connectivity index (χ0v) is 11.6. The molecule has 3 radical (unpaired) electrons. The summed E-state index contributed by atoms with van der Waals surface area (Å²) in [5, 5.41) is 0. The quantitative estimate of drug-likeness (QED) is 0.402. The second kappa shape index (κ2) is 6.91. The van der Waals surface area contributed by atoms with Gasteiger partial charge < -0.3 is 9.13 Å². The van der Waals surface area contributed by atoms with Crippen molar-refractivity contribution in [1.82, 2.24) is 0 Å². The highest BCUT2D eigenvalue weighted by atomic mass is 31.2. The molecule has 5 heteroatoms. The maximum atomic E-state index is 11.3. The Morgan fingerprint density at radius 2 is 1.00 bits per heavy atom. The number of unbranched alkanes of at least 4 members (excludes halogenated alkanes) is 2. The summed E-state index contributed by atoms with van der Waals surface area (Å²) in [5.41, 5.74) is 0. The second-order valence-electron chi connectivity index (χ2n) is 4.66. The maximum absolute atomic E-state index is 11.3. The third-order valence-corrected chi connectivity index (χ3v) is 4.68. The maximum Gasteiger partial charge on any atom is 0.0819 e. The van der Waals surface area contributed by atoms with Crippen molar-refractivity contribution < 1.29 is 9.13 Å². The van der Waals surface area contributed by atoms with Gasteiger partial charge in [0.25, 0.3) is 0 Å². The van der Waals surface area contributed by atoms with Gasteiger partial charge in [0.2, 0.25) is 0 Å². The molecule has 0 N–H and O–H groups in total. The Bertz CT molecular complexity index is 205. The van der Waals surface area contributed by atoms with Gasteiger partial charge in [-0.25, -0.2) is 0 Å². The van der Waals surface area contributed by atoms with Gasteiger partial charge in [0, 0.05) is 20.7 Å². The molecule has 0 aromatic heterocycles. The lowest BCUT2D eigenvalue weighted by atomic mass is 10.3. The molecule has 14 heavy (non-hydrogen) atoms. The van der Waals surface area contributed by atoms with Crippen LogP contribution in [0.3, 0.4) is 0 Å². The van der Waals surface area contributed by atoms with Gasteiger partial charge in [-0.1, -0.05) is 6.42 Å². The van der Waals surface area contributed by atoms with E-state index in [1.54, 1.807) is 0 Å². The van der Waals surface area contributed by atoms with Crippen LogP contribution in [0.1, 0.15) is 19.3 Å². The van der Waals surface area contributed by atoms with E-state index in [4.69, 9.17) is 0 Å². The van der Waals surface area contributed by atoms with E-state index in [1.807, 2.05) is 26.7 Å². The Kier molecular flexibility index (Phi) is 8.36. The fraction of sp³-hybridized carbons (Fsp3) is 1.00. The predicted octanol–water partition coefficient (Wildman–Crippen LogP) is 3.02. The summed E-state index contributed by atoms with van der Waals surface area (Å²) in [5.74, 6) is 0. The van der Waals surface area contributed by atoms with Gasteiger partial charge in [-0.2, -0.15) is 0 Å². The van der Waals surface area contributed by atoms with Crippen LogP contribution in [0, 0.1) is 0 Å². The molecule has 0 aliphatic heterocycles. The summed E-state index contributed by atoms with van der Waals surface area (Å²) in [7, 11) is -3.63. The van der Waals surface area contributed by atoms with E-state index in [-0.39, 0.29) is 8.41 Å². The van der Waals surface area contributed by atoms with Crippen LogP contribution in [0.25, 0.3) is 0 Å². The number of rotatable bonds is 6. The van der Waals surface area contributed by atoms with Crippen molar-refractivity contribution in [3.05, 3.63) is 0 Å². The predicted molar refractivity (Wildman–Crippen MR) is 68.2 cm³/mol. The zero-order valence-electron chi connectivity index (χ0n) is 9.82. The van der Waals surface area contributed by atoms with Crippen molar-refractivity contribution >= 4 is 22.7 Å². The van der Waals surface area contributed by atoms with E-state index in [2.05, 4.69) is 0 Å². The number of hydrogen-bond acceptors (Lipinski definition) is 2. The molecular weight excluding hydrogens is 213 g/mol. The van der Waals surface area contributed by atoms with Crippen LogP contribution in [-0.2, 0) is 9.13 Å². The monoisotopic (exact) mass is 235 g/mol. The molecule has 0 saturated heterocycles. The lowest BCUT2D eigenvalue weighted by molar-refractivity contribution is 0.576. The summed E-state index contributed by atoms with van der Waals surface area (Å²) >= 11 is 0. The molecule has 0 atom stereocenters. The van der Waals surface area contributed by atoms with E-state index in [1.165, 1.54) is 0 Å². The molecule has 2 nitrogen and oxygen atoms in total. The lowest BCUT2D eigenvalue weighted by Gasteiger charge is -2.07. The average molecular weight is 235 g/mol. The highest BCUT2D eigenvalue weighted by molar-refractivity contribution is 7.62. The summed E-state index contributed by atoms with van der Waals surface area (Å²) in [6.07, 6.45) is 4.78. The van der Waals surface area contributed by atoms with Crippen molar-refractivity contribution in [2.75, 3.05) is 39.0 Å². The first-order valence-corrected chi connectivity index (χ1v) is 10.4. The Morgan fingerprint density at radius 1 is 0.714 bits per heavy atom. The fourth-order valence-corrected chi connectivity index (χ4v) is 3.13. The second-order valence-corrected chi connectivity index (χ2v) is 11.8. The van der Waals surface area contributed by atoms with Crippen molar-refractivity contribution in [2.24, 2.45) is 0 Å². The van der Waals surface area contributed by atoms with E-state index in [0.717, 1.165) is 31.6 Å². The SMILES string of the molecule is CP(C)(=O)CCCCCP(C)(C)=O.[B]. The van der Waals surface area contributed by atoms with Crippen molar-refractivity contribution in [3.63, 3.8) is 0 Å². The summed E-state index contributed by atoms with van der Waals surface area (Å²) in [4.78, 5) is 0. The van der Waals surface area contributed by atoms with E-state index in [9.17, 15) is 9.13 Å². The molecule has 83 valence electrons. The Morgan fingerprint density at radius 3 is 1.21 bits per heavy atom. The third-order valence-electron chi connectivity index (χ3n) is 1.89. The molecule has 0 spiro atoms. The third kappa shape index (κ3) is 15.0. The fourth-order valence-electron chi connectivity index (χ4n) is 1.16. The van der Waals surface area contributed by atoms with Gasteiger partial charge in [0.15, 0.2) is 0 Å². The van der Waals surface area contributed by atoms with E-state index >= 15 is 0 Å². The van der Waals surface area contributed by atoms with Gasteiger partial charge in [-0.05, 0) is 39.5 Å². The van der Waals surface area contributed by atoms with E-state index < -0.39 is 14.3 Å². The molecule has 0 heterocycles. The minimum atomic E-state index is -1.82. The van der Waals surface area contributed by atoms with Gasteiger partial charge in [0.1, 0.15) is 0 Å². The molecule has 0 aromatic rings. The zero-order chi connectivity index (χ0) is 10.5. The molecule has 0 fully saturated rings. The molecular formula is C9H22BO2P2. The van der Waals surface area contributed by atoms with Crippen LogP contribution in [0.5, 0.6) is 0 Å². The Balaban J connectivity index is 0. The van der Waals surface area contributed by atoms with E-state index in [0.29, 0.717) is 0 Å². The van der Waals surface area contributed by atoms with Crippen LogP contribution in [0.4, 0.5) is 0 Å². The minimum Gasteiger partial charge on any atom is -0.324 e. The molecule has 0 saturated carbocycles. The lowest BCUT2D eigenvalue weighted by Crippen LogP contribution is -1.90. The standard InChI is InChI=1S/C9H22O2P2.B/c1-12(2,10)8-6-5-7-9-13(3,4)11;/h5-9H2,1-4H3;. The van der Waals surface area contributed by atoms with Gasteiger partial charge in [0.05, 0.1) is 14.3 Å².